The summed E-state index contributed by atoms with van der Waals surface area (Å²) in [6, 6.07) is 11.8. The first-order valence-electron chi connectivity index (χ1n) is 11.2. The highest BCUT2D eigenvalue weighted by Crippen LogP contribution is 2.36. The van der Waals surface area contributed by atoms with Crippen molar-refractivity contribution in [2.45, 2.75) is 38.8 Å². The maximum absolute atomic E-state index is 14.0. The second-order valence-electron chi connectivity index (χ2n) is 8.95. The van der Waals surface area contributed by atoms with Crippen molar-refractivity contribution in [3.05, 3.63) is 64.3 Å². The Hall–Kier alpha value is -4.35. The number of hydrogen-bond donors (Lipinski definition) is 2. The zero-order valence-corrected chi connectivity index (χ0v) is 19.5. The third-order valence-electron chi connectivity index (χ3n) is 6.18. The van der Waals surface area contributed by atoms with Gasteiger partial charge in [0.25, 0.3) is 5.92 Å². The minimum absolute atomic E-state index is 0.127. The van der Waals surface area contributed by atoms with Crippen LogP contribution in [0.5, 0.6) is 0 Å². The molecule has 4 aromatic rings. The predicted octanol–water partition coefficient (Wildman–Crippen LogP) is 3.21. The number of benzene rings is 1. The van der Waals surface area contributed by atoms with Crippen molar-refractivity contribution in [3.63, 3.8) is 0 Å². The highest BCUT2D eigenvalue weighted by molar-refractivity contribution is 5.90. The van der Waals surface area contributed by atoms with Gasteiger partial charge in [0.2, 0.25) is 5.95 Å². The molecule has 36 heavy (non-hydrogen) atoms. The van der Waals surface area contributed by atoms with E-state index in [1.807, 2.05) is 56.3 Å². The minimum Gasteiger partial charge on any atom is -0.465 e. The van der Waals surface area contributed by atoms with Crippen molar-refractivity contribution in [2.24, 2.45) is 0 Å². The summed E-state index contributed by atoms with van der Waals surface area (Å²) in [5, 5.41) is 13.9. The number of aromatic nitrogens is 5. The second kappa shape index (κ2) is 8.40. The fourth-order valence-corrected chi connectivity index (χ4v) is 4.76. The van der Waals surface area contributed by atoms with E-state index in [9.17, 15) is 23.5 Å². The summed E-state index contributed by atoms with van der Waals surface area (Å²) in [5.74, 6) is -3.32. The minimum atomic E-state index is -3.19. The van der Waals surface area contributed by atoms with E-state index >= 15 is 0 Å². The van der Waals surface area contributed by atoms with Crippen molar-refractivity contribution < 1.29 is 18.7 Å². The Morgan fingerprint density at radius 1 is 1.14 bits per heavy atom. The SMILES string of the molecule is Cc1cc(-c2c(-c3ccccc3)nc(N)n3c(=O)n(C[C@@H]4CC(F)(F)CN4C(=O)O)nc23)cc(C)n1. The quantitative estimate of drug-likeness (QED) is 0.444. The van der Waals surface area contributed by atoms with Crippen LogP contribution in [0.4, 0.5) is 19.5 Å². The van der Waals surface area contributed by atoms with Gasteiger partial charge in [0.05, 0.1) is 30.4 Å². The van der Waals surface area contributed by atoms with Crippen molar-refractivity contribution in [3.8, 4) is 22.4 Å². The van der Waals surface area contributed by atoms with E-state index in [0.29, 0.717) is 21.7 Å². The Bertz CT molecular complexity index is 1530. The van der Waals surface area contributed by atoms with Crippen LogP contribution in [-0.2, 0) is 6.54 Å². The van der Waals surface area contributed by atoms with Gasteiger partial charge < -0.3 is 10.8 Å². The molecule has 1 amide bonds. The molecule has 1 aliphatic heterocycles. The van der Waals surface area contributed by atoms with E-state index in [1.54, 1.807) is 0 Å². The molecule has 1 atom stereocenters. The molecule has 0 spiro atoms. The third-order valence-corrected chi connectivity index (χ3v) is 6.18. The van der Waals surface area contributed by atoms with Crippen LogP contribution in [0.1, 0.15) is 17.8 Å². The first-order chi connectivity index (χ1) is 17.0. The van der Waals surface area contributed by atoms with Crippen LogP contribution < -0.4 is 11.4 Å². The van der Waals surface area contributed by atoms with Gasteiger partial charge in [-0.05, 0) is 31.5 Å². The van der Waals surface area contributed by atoms with Crippen LogP contribution in [0.2, 0.25) is 0 Å². The zero-order chi connectivity index (χ0) is 25.8. The van der Waals surface area contributed by atoms with E-state index in [0.717, 1.165) is 26.0 Å². The number of alkyl halides is 2. The number of hydrogen-bond acceptors (Lipinski definition) is 6. The summed E-state index contributed by atoms with van der Waals surface area (Å²) in [5.41, 5.74) is 9.62. The molecule has 3 N–H and O–H groups in total. The maximum Gasteiger partial charge on any atom is 0.407 e. The fourth-order valence-electron chi connectivity index (χ4n) is 4.76. The van der Waals surface area contributed by atoms with Crippen molar-refractivity contribution in [1.82, 2.24) is 29.0 Å². The molecule has 12 heteroatoms. The second-order valence-corrected chi connectivity index (χ2v) is 8.95. The van der Waals surface area contributed by atoms with Crippen molar-refractivity contribution in [2.75, 3.05) is 12.3 Å². The van der Waals surface area contributed by atoms with Crippen LogP contribution in [-0.4, -0.2) is 58.8 Å². The van der Waals surface area contributed by atoms with E-state index in [4.69, 9.17) is 5.73 Å². The number of amides is 1. The lowest BCUT2D eigenvalue weighted by Gasteiger charge is -2.19. The molecule has 186 valence electrons. The van der Waals surface area contributed by atoms with Gasteiger partial charge in [-0.2, -0.15) is 0 Å². The number of halogens is 2. The summed E-state index contributed by atoms with van der Waals surface area (Å²) in [6.07, 6.45) is -2.19. The third kappa shape index (κ3) is 4.04. The molecule has 0 bridgehead atoms. The number of nitrogens with zero attached hydrogens (tertiary/aromatic N) is 6. The summed E-state index contributed by atoms with van der Waals surface area (Å²) in [7, 11) is 0. The summed E-state index contributed by atoms with van der Waals surface area (Å²) in [4.78, 5) is 34.4. The topological polar surface area (TPSA) is 132 Å². The Kier molecular flexibility index (Phi) is 5.46. The molecule has 10 nitrogen and oxygen atoms in total. The number of rotatable bonds is 4. The Morgan fingerprint density at radius 3 is 2.44 bits per heavy atom. The highest BCUT2D eigenvalue weighted by atomic mass is 19.3. The van der Waals surface area contributed by atoms with E-state index < -0.39 is 36.7 Å². The Morgan fingerprint density at radius 2 is 1.81 bits per heavy atom. The van der Waals surface area contributed by atoms with Crippen LogP contribution in [0, 0.1) is 13.8 Å². The van der Waals surface area contributed by atoms with E-state index in [1.165, 1.54) is 0 Å². The van der Waals surface area contributed by atoms with Crippen molar-refractivity contribution in [1.29, 1.82) is 0 Å². The molecular formula is C24H23F2N7O3. The summed E-state index contributed by atoms with van der Waals surface area (Å²) >= 11 is 0. The Labute approximate surface area is 203 Å². The van der Waals surface area contributed by atoms with Crippen LogP contribution in [0.3, 0.4) is 0 Å². The lowest BCUT2D eigenvalue weighted by Crippen LogP contribution is -2.39. The number of anilines is 1. The number of nitrogen functional groups attached to an aromatic ring is 1. The molecule has 0 saturated carbocycles. The first-order valence-corrected chi connectivity index (χ1v) is 11.2. The van der Waals surface area contributed by atoms with Gasteiger partial charge in [-0.1, -0.05) is 30.3 Å². The number of nitrogens with two attached hydrogens (primary N) is 1. The molecule has 1 fully saturated rings. The molecule has 4 heterocycles. The summed E-state index contributed by atoms with van der Waals surface area (Å²) in [6.45, 7) is 2.40. The average molecular weight is 495 g/mol. The standard InChI is InChI=1S/C24H23F2N7O3/c1-13-8-16(9-14(2)28-13)18-19(15-6-4-3-5-7-15)29-21(27)33-20(18)30-32(22(33)34)11-17-10-24(25,26)12-31(17)23(35)36/h3-9,17H,10-12H2,1-2H3,(H2,27,29)(H,35,36)/t17-/m0/s1. The molecular weight excluding hydrogens is 472 g/mol. The van der Waals surface area contributed by atoms with Crippen LogP contribution in [0.15, 0.2) is 47.3 Å². The largest absolute Gasteiger partial charge is 0.465 e. The molecule has 1 aliphatic rings. The molecule has 0 radical (unpaired) electrons. The number of carboxylic acid groups (broad SMARTS) is 1. The lowest BCUT2D eigenvalue weighted by molar-refractivity contribution is 0.0125. The van der Waals surface area contributed by atoms with Gasteiger partial charge in [-0.25, -0.2) is 32.4 Å². The van der Waals surface area contributed by atoms with Gasteiger partial charge in [0.1, 0.15) is 0 Å². The monoisotopic (exact) mass is 495 g/mol. The Balaban J connectivity index is 1.74. The number of fused-ring (bicyclic) bond motifs is 1. The summed E-state index contributed by atoms with van der Waals surface area (Å²) < 4.78 is 30.1. The molecule has 0 aliphatic carbocycles. The lowest BCUT2D eigenvalue weighted by atomic mass is 9.99. The van der Waals surface area contributed by atoms with Gasteiger partial charge >= 0.3 is 11.8 Å². The number of pyridine rings is 1. The molecule has 5 rings (SSSR count). The van der Waals surface area contributed by atoms with Crippen molar-refractivity contribution >= 4 is 17.7 Å². The van der Waals surface area contributed by atoms with Crippen LogP contribution in [0.25, 0.3) is 28.0 Å². The smallest absolute Gasteiger partial charge is 0.407 e. The van der Waals surface area contributed by atoms with Gasteiger partial charge in [-0.3, -0.25) is 9.88 Å². The number of carbonyl (C=O) groups is 1. The van der Waals surface area contributed by atoms with Gasteiger partial charge in [-0.15, -0.1) is 5.10 Å². The normalized spacial score (nSPS) is 17.1. The molecule has 0 unspecified atom stereocenters. The predicted molar refractivity (Wildman–Crippen MR) is 128 cm³/mol. The zero-order valence-electron chi connectivity index (χ0n) is 19.5. The van der Waals surface area contributed by atoms with Gasteiger partial charge in [0.15, 0.2) is 5.65 Å². The van der Waals surface area contributed by atoms with E-state index in [2.05, 4.69) is 15.1 Å². The number of aryl methyl sites for hydroxylation is 2. The fraction of sp³-hybridized carbons (Fsp3) is 0.292. The molecule has 3 aromatic heterocycles. The van der Waals surface area contributed by atoms with Gasteiger partial charge in [0, 0.05) is 23.4 Å². The first kappa shape index (κ1) is 23.4. The molecule has 1 saturated heterocycles. The van der Waals surface area contributed by atoms with E-state index in [-0.39, 0.29) is 18.1 Å². The molecule has 1 aromatic carbocycles. The maximum atomic E-state index is 14.0. The number of likely N-dealkylation sites (tertiary alicyclic amines) is 1. The highest BCUT2D eigenvalue weighted by Gasteiger charge is 2.47. The van der Waals surface area contributed by atoms with Crippen LogP contribution >= 0.6 is 0 Å². The average Bonchev–Trinajstić information content (AvgIpc) is 3.29.